The molecule has 0 saturated heterocycles. The lowest BCUT2D eigenvalue weighted by molar-refractivity contribution is 0.0620. The molecule has 0 radical (unpaired) electrons. The van der Waals surface area contributed by atoms with E-state index in [1.165, 1.54) is 12.8 Å². The number of hydrogen-bond donors (Lipinski definition) is 1. The van der Waals surface area contributed by atoms with Gasteiger partial charge in [0, 0.05) is 17.7 Å². The second-order valence-electron chi connectivity index (χ2n) is 8.79. The molecule has 0 atom stereocenters. The lowest BCUT2D eigenvalue weighted by Crippen LogP contribution is -2.35. The normalized spacial score (nSPS) is 16.9. The van der Waals surface area contributed by atoms with Crippen LogP contribution in [0.2, 0.25) is 0 Å². The first-order valence-corrected chi connectivity index (χ1v) is 10.4. The third-order valence-corrected chi connectivity index (χ3v) is 5.60. The van der Waals surface area contributed by atoms with Crippen molar-refractivity contribution in [1.82, 2.24) is 10.1 Å². The Morgan fingerprint density at radius 3 is 2.77 bits per heavy atom. The standard InChI is InChI=1S/C24H22N4O3/c1-24(2)11-20(29)18-10-15(6-8-21(18)30-24)22-27-23(31-28-22)16-5-7-19(17(9-16)12-25)26-13-14-3-4-14/h5-10,14,26H,3-4,11,13H2,1-2H3. The largest absolute Gasteiger partial charge is 0.487 e. The number of hydrogen-bond acceptors (Lipinski definition) is 7. The van der Waals surface area contributed by atoms with Crippen molar-refractivity contribution in [2.75, 3.05) is 11.9 Å². The summed E-state index contributed by atoms with van der Waals surface area (Å²) in [4.78, 5) is 17.0. The van der Waals surface area contributed by atoms with E-state index in [0.717, 1.165) is 12.2 Å². The molecule has 156 valence electrons. The fourth-order valence-corrected chi connectivity index (χ4v) is 3.75. The van der Waals surface area contributed by atoms with Crippen molar-refractivity contribution in [2.24, 2.45) is 5.92 Å². The minimum absolute atomic E-state index is 0.0322. The maximum Gasteiger partial charge on any atom is 0.258 e. The van der Waals surface area contributed by atoms with E-state index in [2.05, 4.69) is 21.5 Å². The van der Waals surface area contributed by atoms with E-state index in [1.807, 2.05) is 32.0 Å². The molecule has 2 aliphatic rings. The molecule has 1 saturated carbocycles. The first-order valence-electron chi connectivity index (χ1n) is 10.4. The van der Waals surface area contributed by atoms with Gasteiger partial charge in [0.1, 0.15) is 17.4 Å². The summed E-state index contributed by atoms with van der Waals surface area (Å²) in [6.07, 6.45) is 2.81. The number of aromatic nitrogens is 2. The number of ketones is 1. The summed E-state index contributed by atoms with van der Waals surface area (Å²) in [6.45, 7) is 4.68. The second-order valence-corrected chi connectivity index (χ2v) is 8.79. The predicted octanol–water partition coefficient (Wildman–Crippen LogP) is 4.84. The topological polar surface area (TPSA) is 101 Å². The van der Waals surface area contributed by atoms with Gasteiger partial charge in [-0.3, -0.25) is 4.79 Å². The lowest BCUT2D eigenvalue weighted by atomic mass is 9.92. The molecular weight excluding hydrogens is 392 g/mol. The Morgan fingerprint density at radius 2 is 2.00 bits per heavy atom. The summed E-state index contributed by atoms with van der Waals surface area (Å²) in [7, 11) is 0. The first-order chi connectivity index (χ1) is 14.9. The number of Topliss-reactive ketones (excluding diaryl/α,β-unsaturated/α-hetero) is 1. The summed E-state index contributed by atoms with van der Waals surface area (Å²) >= 11 is 0. The number of nitriles is 1. The van der Waals surface area contributed by atoms with E-state index in [1.54, 1.807) is 18.2 Å². The second kappa shape index (κ2) is 7.24. The van der Waals surface area contributed by atoms with Gasteiger partial charge in [0.05, 0.1) is 23.2 Å². The molecule has 7 nitrogen and oxygen atoms in total. The Morgan fingerprint density at radius 1 is 1.19 bits per heavy atom. The molecule has 0 unspecified atom stereocenters. The van der Waals surface area contributed by atoms with Gasteiger partial charge in [-0.2, -0.15) is 10.2 Å². The van der Waals surface area contributed by atoms with Crippen LogP contribution in [0.1, 0.15) is 49.0 Å². The average molecular weight is 414 g/mol. The van der Waals surface area contributed by atoms with Gasteiger partial charge in [-0.05, 0) is 69.0 Å². The van der Waals surface area contributed by atoms with Crippen LogP contribution in [-0.4, -0.2) is 28.1 Å². The summed E-state index contributed by atoms with van der Waals surface area (Å²) < 4.78 is 11.4. The van der Waals surface area contributed by atoms with Crippen molar-refractivity contribution in [3.63, 3.8) is 0 Å². The van der Waals surface area contributed by atoms with Gasteiger partial charge in [-0.1, -0.05) is 5.16 Å². The molecule has 1 aliphatic heterocycles. The fourth-order valence-electron chi connectivity index (χ4n) is 3.75. The van der Waals surface area contributed by atoms with E-state index in [-0.39, 0.29) is 5.78 Å². The van der Waals surface area contributed by atoms with Crippen molar-refractivity contribution >= 4 is 11.5 Å². The zero-order chi connectivity index (χ0) is 21.6. The Labute approximate surface area is 180 Å². The van der Waals surface area contributed by atoms with Crippen LogP contribution in [0.25, 0.3) is 22.8 Å². The zero-order valence-corrected chi connectivity index (χ0v) is 17.4. The summed E-state index contributed by atoms with van der Waals surface area (Å²) in [6, 6.07) is 13.0. The minimum Gasteiger partial charge on any atom is -0.487 e. The number of carbonyl (C=O) groups is 1. The summed E-state index contributed by atoms with van der Waals surface area (Å²) in [5, 5.41) is 16.9. The van der Waals surface area contributed by atoms with Gasteiger partial charge in [0.2, 0.25) is 5.82 Å². The molecule has 1 N–H and O–H groups in total. The van der Waals surface area contributed by atoms with Gasteiger partial charge < -0.3 is 14.6 Å². The lowest BCUT2D eigenvalue weighted by Gasteiger charge is -2.31. The Bertz CT molecular complexity index is 1220. The molecule has 3 aromatic rings. The quantitative estimate of drug-likeness (QED) is 0.637. The highest BCUT2D eigenvalue weighted by Crippen LogP contribution is 2.36. The van der Waals surface area contributed by atoms with E-state index in [4.69, 9.17) is 9.26 Å². The van der Waals surface area contributed by atoms with Crippen molar-refractivity contribution in [2.45, 2.75) is 38.7 Å². The van der Waals surface area contributed by atoms with E-state index in [9.17, 15) is 10.1 Å². The fraction of sp³-hybridized carbons (Fsp3) is 0.333. The Kier molecular flexibility index (Phi) is 4.51. The number of fused-ring (bicyclic) bond motifs is 1. The van der Waals surface area contributed by atoms with Crippen molar-refractivity contribution < 1.29 is 14.1 Å². The number of carbonyl (C=O) groups excluding carboxylic acids is 1. The van der Waals surface area contributed by atoms with Crippen LogP contribution >= 0.6 is 0 Å². The maximum atomic E-state index is 12.5. The molecule has 0 amide bonds. The number of anilines is 1. The van der Waals surface area contributed by atoms with Gasteiger partial charge in [0.15, 0.2) is 5.78 Å². The molecule has 0 spiro atoms. The molecule has 2 aromatic carbocycles. The van der Waals surface area contributed by atoms with Gasteiger partial charge in [-0.25, -0.2) is 0 Å². The zero-order valence-electron chi connectivity index (χ0n) is 17.4. The van der Waals surface area contributed by atoms with Crippen LogP contribution < -0.4 is 10.1 Å². The molecule has 5 rings (SSSR count). The van der Waals surface area contributed by atoms with Crippen molar-refractivity contribution in [3.8, 4) is 34.7 Å². The number of nitrogens with zero attached hydrogens (tertiary/aromatic N) is 3. The van der Waals surface area contributed by atoms with Crippen LogP contribution in [0.3, 0.4) is 0 Å². The molecule has 2 heterocycles. The predicted molar refractivity (Wildman–Crippen MR) is 115 cm³/mol. The highest BCUT2D eigenvalue weighted by atomic mass is 16.5. The summed E-state index contributed by atoms with van der Waals surface area (Å²) in [5.74, 6) is 2.02. The monoisotopic (exact) mass is 414 g/mol. The first kappa shape index (κ1) is 19.3. The van der Waals surface area contributed by atoms with E-state index in [0.29, 0.717) is 52.1 Å². The van der Waals surface area contributed by atoms with Crippen LogP contribution in [0.15, 0.2) is 40.9 Å². The molecule has 0 bridgehead atoms. The number of benzene rings is 2. The molecule has 31 heavy (non-hydrogen) atoms. The molecule has 1 aromatic heterocycles. The number of rotatable bonds is 5. The molecular formula is C24H22N4O3. The van der Waals surface area contributed by atoms with E-state index >= 15 is 0 Å². The third-order valence-electron chi connectivity index (χ3n) is 5.60. The van der Waals surface area contributed by atoms with Crippen LogP contribution in [0.5, 0.6) is 5.75 Å². The van der Waals surface area contributed by atoms with Gasteiger partial charge >= 0.3 is 0 Å². The van der Waals surface area contributed by atoms with E-state index < -0.39 is 5.60 Å². The summed E-state index contributed by atoms with van der Waals surface area (Å²) in [5.41, 5.74) is 2.72. The average Bonchev–Trinajstić information content (AvgIpc) is 3.45. The highest BCUT2D eigenvalue weighted by Gasteiger charge is 2.32. The van der Waals surface area contributed by atoms with Gasteiger partial charge in [0.25, 0.3) is 5.89 Å². The van der Waals surface area contributed by atoms with Gasteiger partial charge in [-0.15, -0.1) is 0 Å². The highest BCUT2D eigenvalue weighted by molar-refractivity contribution is 6.01. The Balaban J connectivity index is 1.41. The Hall–Kier alpha value is -3.66. The third kappa shape index (κ3) is 3.89. The number of nitrogens with one attached hydrogen (secondary N) is 1. The maximum absolute atomic E-state index is 12.5. The number of ether oxygens (including phenoxy) is 1. The van der Waals surface area contributed by atoms with Crippen LogP contribution in [-0.2, 0) is 0 Å². The van der Waals surface area contributed by atoms with Crippen molar-refractivity contribution in [1.29, 1.82) is 5.26 Å². The molecule has 7 heteroatoms. The molecule has 1 fully saturated rings. The van der Waals surface area contributed by atoms with Crippen molar-refractivity contribution in [3.05, 3.63) is 47.5 Å². The molecule has 1 aliphatic carbocycles. The smallest absolute Gasteiger partial charge is 0.258 e. The SMILES string of the molecule is CC1(C)CC(=O)c2cc(-c3noc(-c4ccc(NCC5CC5)c(C#N)c4)n3)ccc2O1. The van der Waals surface area contributed by atoms with Crippen LogP contribution in [0.4, 0.5) is 5.69 Å². The minimum atomic E-state index is -0.511. The van der Waals surface area contributed by atoms with Crippen LogP contribution in [0, 0.1) is 17.2 Å².